The molecule has 1 atom stereocenters. The zero-order valence-electron chi connectivity index (χ0n) is 14.5. The van der Waals surface area contributed by atoms with Crippen molar-refractivity contribution in [3.8, 4) is 11.1 Å². The summed E-state index contributed by atoms with van der Waals surface area (Å²) in [5.74, 6) is -0.327. The van der Waals surface area contributed by atoms with Gasteiger partial charge in [-0.25, -0.2) is 0 Å². The molecule has 1 unspecified atom stereocenters. The second kappa shape index (κ2) is 8.30. The van der Waals surface area contributed by atoms with Crippen molar-refractivity contribution in [1.29, 1.82) is 0 Å². The molecule has 0 bridgehead atoms. The molecule has 0 radical (unpaired) electrons. The van der Waals surface area contributed by atoms with Gasteiger partial charge in [0.05, 0.1) is 19.6 Å². The molecule has 0 aliphatic carbocycles. The van der Waals surface area contributed by atoms with Crippen molar-refractivity contribution >= 4 is 11.7 Å². The third-order valence-electron chi connectivity index (χ3n) is 3.99. The van der Waals surface area contributed by atoms with Crippen molar-refractivity contribution < 1.29 is 9.53 Å². The molecule has 0 spiro atoms. The number of hydrogen-bond donors (Lipinski definition) is 3. The molecule has 0 aliphatic rings. The summed E-state index contributed by atoms with van der Waals surface area (Å²) in [5, 5.41) is 3.15. The highest BCUT2D eigenvalue weighted by atomic mass is 16.5. The topological polar surface area (TPSA) is 97.2 Å². The monoisotopic (exact) mass is 341 g/mol. The third kappa shape index (κ3) is 4.58. The molecule has 4 N–H and O–H groups in total. The molecular weight excluding hydrogens is 318 g/mol. The number of pyridine rings is 1. The van der Waals surface area contributed by atoms with E-state index in [2.05, 4.69) is 21.6 Å². The molecule has 0 saturated heterocycles. The van der Waals surface area contributed by atoms with E-state index in [0.29, 0.717) is 12.1 Å². The van der Waals surface area contributed by atoms with Gasteiger partial charge in [-0.1, -0.05) is 18.2 Å². The van der Waals surface area contributed by atoms with E-state index in [0.717, 1.165) is 22.4 Å². The van der Waals surface area contributed by atoms with Gasteiger partial charge in [0.2, 0.25) is 5.56 Å². The number of aromatic amines is 1. The first-order chi connectivity index (χ1) is 12.0. The minimum atomic E-state index is -0.327. The standard InChI is InChI=1S/C19H23N3O3/c1-4-5-16(21-2)17-10-13(11-18(23)22-17)14-7-6-12(8-15(14)20)9-19(24)25-3/h4,6-8,10-11,16,21H,1,5,9,20H2,2-3H3,(H,22,23). The highest BCUT2D eigenvalue weighted by Gasteiger charge is 2.13. The van der Waals surface area contributed by atoms with E-state index >= 15 is 0 Å². The fourth-order valence-corrected chi connectivity index (χ4v) is 2.70. The molecular formula is C19H23N3O3. The molecule has 0 saturated carbocycles. The number of nitrogens with one attached hydrogen (secondary N) is 2. The average Bonchev–Trinajstić information content (AvgIpc) is 2.59. The van der Waals surface area contributed by atoms with E-state index in [1.807, 2.05) is 25.2 Å². The van der Waals surface area contributed by atoms with E-state index in [1.54, 1.807) is 12.1 Å². The molecule has 0 aliphatic heterocycles. The average molecular weight is 341 g/mol. The number of H-pyrrole nitrogens is 1. The summed E-state index contributed by atoms with van der Waals surface area (Å²) < 4.78 is 4.66. The Labute approximate surface area is 146 Å². The smallest absolute Gasteiger partial charge is 0.309 e. The number of carbonyl (C=O) groups is 1. The molecule has 6 heteroatoms. The van der Waals surface area contributed by atoms with E-state index in [9.17, 15) is 9.59 Å². The normalized spacial score (nSPS) is 11.8. The second-order valence-corrected chi connectivity index (χ2v) is 5.73. The summed E-state index contributed by atoms with van der Waals surface area (Å²) in [6, 6.07) is 8.72. The van der Waals surface area contributed by atoms with Gasteiger partial charge < -0.3 is 20.8 Å². The first kappa shape index (κ1) is 18.5. The number of esters is 1. The van der Waals surface area contributed by atoms with Crippen LogP contribution in [0.15, 0.2) is 47.8 Å². The van der Waals surface area contributed by atoms with Crippen molar-refractivity contribution in [2.45, 2.75) is 18.9 Å². The summed E-state index contributed by atoms with van der Waals surface area (Å²) in [6.07, 6.45) is 2.63. The maximum atomic E-state index is 12.1. The van der Waals surface area contributed by atoms with Gasteiger partial charge in [0.1, 0.15) is 0 Å². The van der Waals surface area contributed by atoms with Crippen LogP contribution in [0.25, 0.3) is 11.1 Å². The fourth-order valence-electron chi connectivity index (χ4n) is 2.70. The number of rotatable bonds is 7. The van der Waals surface area contributed by atoms with Crippen LogP contribution in [-0.4, -0.2) is 25.1 Å². The number of methoxy groups -OCH3 is 1. The predicted molar refractivity (Wildman–Crippen MR) is 99.2 cm³/mol. The van der Waals surface area contributed by atoms with Gasteiger partial charge in [-0.3, -0.25) is 9.59 Å². The number of benzene rings is 1. The third-order valence-corrected chi connectivity index (χ3v) is 3.99. The summed E-state index contributed by atoms with van der Waals surface area (Å²) >= 11 is 0. The highest BCUT2D eigenvalue weighted by Crippen LogP contribution is 2.28. The van der Waals surface area contributed by atoms with Crippen molar-refractivity contribution in [3.05, 3.63) is 64.6 Å². The van der Waals surface area contributed by atoms with Crippen LogP contribution in [0.2, 0.25) is 0 Å². The van der Waals surface area contributed by atoms with Crippen LogP contribution in [0.1, 0.15) is 23.7 Å². The van der Waals surface area contributed by atoms with Crippen LogP contribution in [0.3, 0.4) is 0 Å². The minimum Gasteiger partial charge on any atom is -0.469 e. The van der Waals surface area contributed by atoms with E-state index in [1.165, 1.54) is 13.2 Å². The number of nitrogen functional groups attached to an aromatic ring is 1. The Bertz CT molecular complexity index is 827. The van der Waals surface area contributed by atoms with Gasteiger partial charge >= 0.3 is 5.97 Å². The second-order valence-electron chi connectivity index (χ2n) is 5.73. The van der Waals surface area contributed by atoms with E-state index < -0.39 is 0 Å². The quantitative estimate of drug-likeness (QED) is 0.407. The lowest BCUT2D eigenvalue weighted by Crippen LogP contribution is -2.20. The molecule has 0 fully saturated rings. The molecule has 132 valence electrons. The number of nitrogens with two attached hydrogens (primary N) is 1. The molecule has 0 amide bonds. The van der Waals surface area contributed by atoms with Crippen molar-refractivity contribution in [2.75, 3.05) is 19.9 Å². The van der Waals surface area contributed by atoms with E-state index in [-0.39, 0.29) is 24.0 Å². The van der Waals surface area contributed by atoms with Crippen molar-refractivity contribution in [2.24, 2.45) is 0 Å². The van der Waals surface area contributed by atoms with Crippen LogP contribution in [0, 0.1) is 0 Å². The first-order valence-corrected chi connectivity index (χ1v) is 7.96. The number of hydrogen-bond acceptors (Lipinski definition) is 5. The Morgan fingerprint density at radius 2 is 2.16 bits per heavy atom. The molecule has 1 aromatic carbocycles. The Morgan fingerprint density at radius 3 is 2.76 bits per heavy atom. The maximum absolute atomic E-state index is 12.1. The summed E-state index contributed by atoms with van der Waals surface area (Å²) in [6.45, 7) is 3.74. The summed E-state index contributed by atoms with van der Waals surface area (Å²) in [7, 11) is 3.17. The molecule has 1 aromatic heterocycles. The Hall–Kier alpha value is -2.86. The number of aromatic nitrogens is 1. The Kier molecular flexibility index (Phi) is 6.14. The van der Waals surface area contributed by atoms with Gasteiger partial charge in [-0.2, -0.15) is 0 Å². The molecule has 6 nitrogen and oxygen atoms in total. The highest BCUT2D eigenvalue weighted by molar-refractivity contribution is 5.79. The van der Waals surface area contributed by atoms with Crippen molar-refractivity contribution in [1.82, 2.24) is 10.3 Å². The molecule has 1 heterocycles. The minimum absolute atomic E-state index is 0.0371. The largest absolute Gasteiger partial charge is 0.469 e. The lowest BCUT2D eigenvalue weighted by Gasteiger charge is -2.16. The summed E-state index contributed by atoms with van der Waals surface area (Å²) in [4.78, 5) is 26.3. The number of ether oxygens (including phenoxy) is 1. The van der Waals surface area contributed by atoms with Gasteiger partial charge in [0.25, 0.3) is 0 Å². The van der Waals surface area contributed by atoms with Crippen LogP contribution >= 0.6 is 0 Å². The zero-order valence-corrected chi connectivity index (χ0v) is 14.5. The SMILES string of the molecule is C=CCC(NC)c1cc(-c2ccc(CC(=O)OC)cc2N)cc(=O)[nH]1. The summed E-state index contributed by atoms with van der Waals surface area (Å²) in [5.41, 5.74) is 9.45. The molecule has 25 heavy (non-hydrogen) atoms. The first-order valence-electron chi connectivity index (χ1n) is 7.96. The lowest BCUT2D eigenvalue weighted by atomic mass is 9.99. The number of anilines is 1. The van der Waals surface area contributed by atoms with Crippen LogP contribution in [0.4, 0.5) is 5.69 Å². The number of carbonyl (C=O) groups excluding carboxylic acids is 1. The van der Waals surface area contributed by atoms with Crippen molar-refractivity contribution in [3.63, 3.8) is 0 Å². The predicted octanol–water partition coefficient (Wildman–Crippen LogP) is 2.18. The fraction of sp³-hybridized carbons (Fsp3) is 0.263. The maximum Gasteiger partial charge on any atom is 0.309 e. The van der Waals surface area contributed by atoms with Crippen LogP contribution < -0.4 is 16.6 Å². The molecule has 2 rings (SSSR count). The van der Waals surface area contributed by atoms with Gasteiger partial charge in [0.15, 0.2) is 0 Å². The van der Waals surface area contributed by atoms with Crippen LogP contribution in [-0.2, 0) is 16.0 Å². The lowest BCUT2D eigenvalue weighted by molar-refractivity contribution is -0.139. The van der Waals surface area contributed by atoms with Gasteiger partial charge in [-0.15, -0.1) is 6.58 Å². The zero-order chi connectivity index (χ0) is 18.4. The van der Waals surface area contributed by atoms with Gasteiger partial charge in [0, 0.05) is 23.0 Å². The molecule has 2 aromatic rings. The Balaban J connectivity index is 2.41. The van der Waals surface area contributed by atoms with Crippen LogP contribution in [0.5, 0.6) is 0 Å². The van der Waals surface area contributed by atoms with E-state index in [4.69, 9.17) is 5.73 Å². The van der Waals surface area contributed by atoms with Gasteiger partial charge in [-0.05, 0) is 36.7 Å². The Morgan fingerprint density at radius 1 is 1.40 bits per heavy atom.